The van der Waals surface area contributed by atoms with Crippen molar-refractivity contribution >= 4 is 0 Å². The average molecular weight is 253 g/mol. The first-order valence-electron chi connectivity index (χ1n) is 8.00. The molecule has 0 bridgehead atoms. The van der Waals surface area contributed by atoms with Crippen LogP contribution >= 0.6 is 0 Å². The minimum Gasteiger partial charge on any atom is -0.317 e. The maximum atomic E-state index is 3.50. The number of nitrogens with zero attached hydrogens (tertiary/aromatic N) is 2. The highest BCUT2D eigenvalue weighted by atomic mass is 15.3. The predicted octanol–water partition coefficient (Wildman–Crippen LogP) is 1.93. The summed E-state index contributed by atoms with van der Waals surface area (Å²) in [4.78, 5) is 5.43. The topological polar surface area (TPSA) is 18.5 Å². The van der Waals surface area contributed by atoms with Gasteiger partial charge in [-0.05, 0) is 58.7 Å². The fourth-order valence-corrected chi connectivity index (χ4v) is 3.42. The maximum Gasteiger partial charge on any atom is 0.0224 e. The van der Waals surface area contributed by atoms with E-state index >= 15 is 0 Å². The Morgan fingerprint density at radius 1 is 1.22 bits per heavy atom. The fraction of sp³-hybridized carbons (Fsp3) is 1.00. The quantitative estimate of drug-likeness (QED) is 0.700. The Labute approximate surface area is 113 Å². The molecule has 0 spiro atoms. The van der Waals surface area contributed by atoms with Crippen LogP contribution in [0.25, 0.3) is 0 Å². The van der Waals surface area contributed by atoms with Crippen LogP contribution in [0.15, 0.2) is 0 Å². The van der Waals surface area contributed by atoms with Gasteiger partial charge in [0.25, 0.3) is 0 Å². The number of hydrogen-bond acceptors (Lipinski definition) is 3. The molecule has 2 fully saturated rings. The summed E-state index contributed by atoms with van der Waals surface area (Å²) in [6.45, 7) is 12.3. The molecule has 0 aliphatic carbocycles. The SMILES string of the molecule is CCCNCCCC(C)N1CCN2CCCC2C1. The smallest absolute Gasteiger partial charge is 0.0224 e. The van der Waals surface area contributed by atoms with Crippen molar-refractivity contribution in [1.29, 1.82) is 0 Å². The van der Waals surface area contributed by atoms with E-state index in [2.05, 4.69) is 29.0 Å². The summed E-state index contributed by atoms with van der Waals surface area (Å²) in [5.41, 5.74) is 0. The third-order valence-electron chi connectivity index (χ3n) is 4.64. The Kier molecular flexibility index (Phi) is 5.93. The second-order valence-electron chi connectivity index (χ2n) is 6.07. The molecule has 3 nitrogen and oxygen atoms in total. The van der Waals surface area contributed by atoms with Crippen molar-refractivity contribution in [3.8, 4) is 0 Å². The van der Waals surface area contributed by atoms with Crippen LogP contribution in [0.3, 0.4) is 0 Å². The number of fused-ring (bicyclic) bond motifs is 1. The van der Waals surface area contributed by atoms with E-state index < -0.39 is 0 Å². The molecule has 2 rings (SSSR count). The van der Waals surface area contributed by atoms with Crippen LogP contribution in [-0.2, 0) is 0 Å². The molecule has 0 aromatic rings. The minimum absolute atomic E-state index is 0.774. The van der Waals surface area contributed by atoms with Gasteiger partial charge in [0.15, 0.2) is 0 Å². The highest BCUT2D eigenvalue weighted by molar-refractivity contribution is 4.88. The summed E-state index contributed by atoms with van der Waals surface area (Å²) in [5, 5.41) is 3.50. The molecular weight excluding hydrogens is 222 g/mol. The third-order valence-corrected chi connectivity index (χ3v) is 4.64. The van der Waals surface area contributed by atoms with Crippen LogP contribution in [-0.4, -0.2) is 61.2 Å². The molecule has 2 unspecified atom stereocenters. The number of piperazine rings is 1. The second kappa shape index (κ2) is 7.46. The molecule has 3 heteroatoms. The molecule has 2 heterocycles. The zero-order valence-electron chi connectivity index (χ0n) is 12.3. The van der Waals surface area contributed by atoms with Crippen molar-refractivity contribution in [2.75, 3.05) is 39.3 Å². The van der Waals surface area contributed by atoms with Gasteiger partial charge in [0, 0.05) is 31.7 Å². The molecule has 0 aromatic heterocycles. The normalized spacial score (nSPS) is 27.3. The van der Waals surface area contributed by atoms with Crippen LogP contribution in [0.1, 0.15) is 46.0 Å². The molecule has 1 N–H and O–H groups in total. The average Bonchev–Trinajstić information content (AvgIpc) is 2.85. The van der Waals surface area contributed by atoms with E-state index in [-0.39, 0.29) is 0 Å². The zero-order chi connectivity index (χ0) is 12.8. The highest BCUT2D eigenvalue weighted by Gasteiger charge is 2.31. The standard InChI is InChI=1S/C15H31N3/c1-3-8-16-9-4-6-14(2)18-12-11-17-10-5-7-15(17)13-18/h14-16H,3-13H2,1-2H3. The number of rotatable bonds is 7. The van der Waals surface area contributed by atoms with Gasteiger partial charge in [0.1, 0.15) is 0 Å². The summed E-state index contributed by atoms with van der Waals surface area (Å²) in [6.07, 6.45) is 6.78. The van der Waals surface area contributed by atoms with Crippen LogP contribution in [0.5, 0.6) is 0 Å². The first-order chi connectivity index (χ1) is 8.81. The van der Waals surface area contributed by atoms with Crippen LogP contribution in [0, 0.1) is 0 Å². The Morgan fingerprint density at radius 2 is 2.11 bits per heavy atom. The van der Waals surface area contributed by atoms with Gasteiger partial charge in [-0.15, -0.1) is 0 Å². The molecule has 18 heavy (non-hydrogen) atoms. The molecule has 2 saturated heterocycles. The Hall–Kier alpha value is -0.120. The largest absolute Gasteiger partial charge is 0.317 e. The monoisotopic (exact) mass is 253 g/mol. The van der Waals surface area contributed by atoms with Crippen molar-refractivity contribution < 1.29 is 0 Å². The summed E-state index contributed by atoms with van der Waals surface area (Å²) in [6, 6.07) is 1.65. The van der Waals surface area contributed by atoms with Crippen LogP contribution in [0.2, 0.25) is 0 Å². The van der Waals surface area contributed by atoms with Crippen molar-refractivity contribution in [3.63, 3.8) is 0 Å². The lowest BCUT2D eigenvalue weighted by atomic mass is 10.1. The Morgan fingerprint density at radius 3 is 2.94 bits per heavy atom. The van der Waals surface area contributed by atoms with E-state index in [1.807, 2.05) is 0 Å². The van der Waals surface area contributed by atoms with Gasteiger partial charge in [-0.1, -0.05) is 6.92 Å². The van der Waals surface area contributed by atoms with Gasteiger partial charge in [-0.25, -0.2) is 0 Å². The van der Waals surface area contributed by atoms with Gasteiger partial charge < -0.3 is 5.32 Å². The van der Waals surface area contributed by atoms with E-state index in [0.717, 1.165) is 12.1 Å². The first-order valence-corrected chi connectivity index (χ1v) is 8.00. The highest BCUT2D eigenvalue weighted by Crippen LogP contribution is 2.23. The lowest BCUT2D eigenvalue weighted by Crippen LogP contribution is -2.52. The van der Waals surface area contributed by atoms with Gasteiger partial charge in [0.2, 0.25) is 0 Å². The van der Waals surface area contributed by atoms with E-state index in [0.29, 0.717) is 0 Å². The molecule has 2 aliphatic rings. The summed E-state index contributed by atoms with van der Waals surface area (Å²) in [7, 11) is 0. The van der Waals surface area contributed by atoms with Crippen molar-refractivity contribution in [2.45, 2.75) is 58.0 Å². The van der Waals surface area contributed by atoms with E-state index in [1.54, 1.807) is 0 Å². The maximum absolute atomic E-state index is 3.50. The van der Waals surface area contributed by atoms with Crippen molar-refractivity contribution in [2.24, 2.45) is 0 Å². The zero-order valence-corrected chi connectivity index (χ0v) is 12.3. The molecule has 0 amide bonds. The van der Waals surface area contributed by atoms with Gasteiger partial charge in [-0.3, -0.25) is 9.80 Å². The van der Waals surface area contributed by atoms with Gasteiger partial charge in [0.05, 0.1) is 0 Å². The molecule has 0 saturated carbocycles. The Bertz CT molecular complexity index is 232. The third kappa shape index (κ3) is 3.94. The molecule has 0 radical (unpaired) electrons. The lowest BCUT2D eigenvalue weighted by Gasteiger charge is -2.40. The fourth-order valence-electron chi connectivity index (χ4n) is 3.42. The second-order valence-corrected chi connectivity index (χ2v) is 6.07. The molecular formula is C15H31N3. The predicted molar refractivity (Wildman–Crippen MR) is 78.0 cm³/mol. The van der Waals surface area contributed by atoms with E-state index in [1.165, 1.54) is 71.4 Å². The molecule has 106 valence electrons. The molecule has 2 aliphatic heterocycles. The van der Waals surface area contributed by atoms with Gasteiger partial charge >= 0.3 is 0 Å². The molecule has 2 atom stereocenters. The van der Waals surface area contributed by atoms with Crippen LogP contribution in [0.4, 0.5) is 0 Å². The number of nitrogens with one attached hydrogen (secondary N) is 1. The Balaban J connectivity index is 1.61. The summed E-state index contributed by atoms with van der Waals surface area (Å²) < 4.78 is 0. The molecule has 0 aromatic carbocycles. The summed E-state index contributed by atoms with van der Waals surface area (Å²) in [5.74, 6) is 0. The minimum atomic E-state index is 0.774. The van der Waals surface area contributed by atoms with Crippen LogP contribution < -0.4 is 5.32 Å². The summed E-state index contributed by atoms with van der Waals surface area (Å²) >= 11 is 0. The van der Waals surface area contributed by atoms with E-state index in [4.69, 9.17) is 0 Å². The lowest BCUT2D eigenvalue weighted by molar-refractivity contribution is 0.0736. The van der Waals surface area contributed by atoms with E-state index in [9.17, 15) is 0 Å². The number of hydrogen-bond donors (Lipinski definition) is 1. The van der Waals surface area contributed by atoms with Crippen molar-refractivity contribution in [1.82, 2.24) is 15.1 Å². The van der Waals surface area contributed by atoms with Gasteiger partial charge in [-0.2, -0.15) is 0 Å². The first kappa shape index (κ1) is 14.3. The van der Waals surface area contributed by atoms with Crippen molar-refractivity contribution in [3.05, 3.63) is 0 Å².